The minimum absolute atomic E-state index is 0.0670. The zero-order chi connectivity index (χ0) is 20.1. The lowest BCUT2D eigenvalue weighted by atomic mass is 9.97. The molecule has 7 heteroatoms. The van der Waals surface area contributed by atoms with Gasteiger partial charge in [-0.3, -0.25) is 19.6 Å². The minimum Gasteiger partial charge on any atom is -0.492 e. The molecule has 0 spiro atoms. The van der Waals surface area contributed by atoms with Crippen LogP contribution in [0.4, 0.5) is 0 Å². The van der Waals surface area contributed by atoms with Crippen LogP contribution in [0.25, 0.3) is 0 Å². The highest BCUT2D eigenvalue weighted by Crippen LogP contribution is 2.24. The van der Waals surface area contributed by atoms with Gasteiger partial charge in [-0.2, -0.15) is 0 Å². The van der Waals surface area contributed by atoms with Crippen molar-refractivity contribution in [2.24, 2.45) is 0 Å². The Morgan fingerprint density at radius 3 is 2.59 bits per heavy atom. The molecule has 0 N–H and O–H groups in total. The van der Waals surface area contributed by atoms with Crippen molar-refractivity contribution in [1.82, 2.24) is 19.7 Å². The van der Waals surface area contributed by atoms with Crippen molar-refractivity contribution in [3.8, 4) is 5.75 Å². The maximum atomic E-state index is 13.2. The fourth-order valence-electron chi connectivity index (χ4n) is 4.80. The van der Waals surface area contributed by atoms with Crippen molar-refractivity contribution >= 4 is 5.91 Å². The number of aromatic nitrogens is 1. The quantitative estimate of drug-likeness (QED) is 0.723. The third-order valence-corrected chi connectivity index (χ3v) is 6.42. The summed E-state index contributed by atoms with van der Waals surface area (Å²) in [5.74, 6) is 1.18. The molecule has 0 aromatic carbocycles. The molecular weight excluding hydrogens is 368 g/mol. The van der Waals surface area contributed by atoms with Gasteiger partial charge in [0, 0.05) is 58.5 Å². The van der Waals surface area contributed by atoms with Gasteiger partial charge in [0.05, 0.1) is 24.5 Å². The molecule has 7 nitrogen and oxygen atoms in total. The Labute approximate surface area is 174 Å². The van der Waals surface area contributed by atoms with E-state index in [1.807, 2.05) is 19.1 Å². The molecule has 3 fully saturated rings. The lowest BCUT2D eigenvalue weighted by Crippen LogP contribution is -2.59. The summed E-state index contributed by atoms with van der Waals surface area (Å²) < 4.78 is 11.0. The highest BCUT2D eigenvalue weighted by atomic mass is 16.5. The normalized spacial score (nSPS) is 25.3. The van der Waals surface area contributed by atoms with Crippen LogP contribution in [0, 0.1) is 0 Å². The number of nitrogens with zero attached hydrogens (tertiary/aromatic N) is 4. The van der Waals surface area contributed by atoms with Crippen LogP contribution < -0.4 is 4.74 Å². The lowest BCUT2D eigenvalue weighted by molar-refractivity contribution is -0.145. The smallest absolute Gasteiger partial charge is 0.240 e. The molecule has 0 unspecified atom stereocenters. The van der Waals surface area contributed by atoms with Crippen molar-refractivity contribution in [2.75, 3.05) is 52.5 Å². The molecule has 1 aromatic rings. The van der Waals surface area contributed by atoms with Gasteiger partial charge in [0.15, 0.2) is 0 Å². The number of rotatable bonds is 6. The van der Waals surface area contributed by atoms with Gasteiger partial charge in [0.2, 0.25) is 5.91 Å². The molecule has 1 amide bonds. The third kappa shape index (κ3) is 5.08. The molecular formula is C22H34N4O3. The number of hydrogen-bond acceptors (Lipinski definition) is 6. The van der Waals surface area contributed by atoms with E-state index in [0.29, 0.717) is 18.6 Å². The molecule has 160 valence electrons. The van der Waals surface area contributed by atoms with Gasteiger partial charge in [0.1, 0.15) is 5.75 Å². The van der Waals surface area contributed by atoms with Crippen LogP contribution in [0.15, 0.2) is 18.3 Å². The second kappa shape index (κ2) is 9.87. The number of carbonyl (C=O) groups excluding carboxylic acids is 1. The van der Waals surface area contributed by atoms with Crippen LogP contribution in [-0.2, 0) is 16.1 Å². The first-order chi connectivity index (χ1) is 14.2. The van der Waals surface area contributed by atoms with Gasteiger partial charge in [-0.05, 0) is 44.7 Å². The number of ether oxygens (including phenoxy) is 2. The summed E-state index contributed by atoms with van der Waals surface area (Å²) in [4.78, 5) is 24.7. The van der Waals surface area contributed by atoms with Crippen LogP contribution in [0.3, 0.4) is 0 Å². The van der Waals surface area contributed by atoms with E-state index in [2.05, 4.69) is 19.7 Å². The Kier molecular flexibility index (Phi) is 7.00. The number of likely N-dealkylation sites (tertiary alicyclic amines) is 1. The highest BCUT2D eigenvalue weighted by molar-refractivity contribution is 5.83. The van der Waals surface area contributed by atoms with Gasteiger partial charge < -0.3 is 14.4 Å². The molecule has 4 heterocycles. The molecule has 4 rings (SSSR count). The second-order valence-corrected chi connectivity index (χ2v) is 8.26. The van der Waals surface area contributed by atoms with Gasteiger partial charge in [-0.1, -0.05) is 0 Å². The van der Waals surface area contributed by atoms with Crippen LogP contribution in [-0.4, -0.2) is 90.2 Å². The summed E-state index contributed by atoms with van der Waals surface area (Å²) in [6.07, 6.45) is 5.90. The van der Waals surface area contributed by atoms with Gasteiger partial charge in [-0.25, -0.2) is 0 Å². The minimum atomic E-state index is 0.0670. The monoisotopic (exact) mass is 402 g/mol. The maximum Gasteiger partial charge on any atom is 0.240 e. The van der Waals surface area contributed by atoms with E-state index in [1.54, 1.807) is 6.20 Å². The molecule has 0 aliphatic carbocycles. The second-order valence-electron chi connectivity index (χ2n) is 8.26. The van der Waals surface area contributed by atoms with E-state index in [-0.39, 0.29) is 6.04 Å². The number of pyridine rings is 1. The number of piperidine rings is 1. The maximum absolute atomic E-state index is 13.2. The van der Waals surface area contributed by atoms with Crippen LogP contribution in [0.1, 0.15) is 38.3 Å². The molecule has 3 saturated heterocycles. The van der Waals surface area contributed by atoms with E-state index in [0.717, 1.165) is 89.6 Å². The predicted molar refractivity (Wildman–Crippen MR) is 111 cm³/mol. The van der Waals surface area contributed by atoms with E-state index in [1.165, 1.54) is 0 Å². The molecule has 1 atom stereocenters. The molecule has 29 heavy (non-hydrogen) atoms. The lowest BCUT2D eigenvalue weighted by Gasteiger charge is -2.45. The molecule has 0 bridgehead atoms. The largest absolute Gasteiger partial charge is 0.492 e. The fourth-order valence-corrected chi connectivity index (χ4v) is 4.80. The van der Waals surface area contributed by atoms with E-state index in [9.17, 15) is 4.79 Å². The predicted octanol–water partition coefficient (Wildman–Crippen LogP) is 1.77. The summed E-state index contributed by atoms with van der Waals surface area (Å²) in [5, 5.41) is 0. The van der Waals surface area contributed by atoms with Gasteiger partial charge >= 0.3 is 0 Å². The zero-order valence-corrected chi connectivity index (χ0v) is 17.6. The van der Waals surface area contributed by atoms with E-state index < -0.39 is 0 Å². The Hall–Kier alpha value is -1.70. The fraction of sp³-hybridized carbons (Fsp3) is 0.727. The third-order valence-electron chi connectivity index (χ3n) is 6.42. The summed E-state index contributed by atoms with van der Waals surface area (Å²) in [5.41, 5.74) is 1.07. The first-order valence-electron chi connectivity index (χ1n) is 11.2. The average molecular weight is 403 g/mol. The Balaban J connectivity index is 1.28. The van der Waals surface area contributed by atoms with Crippen LogP contribution >= 0.6 is 0 Å². The van der Waals surface area contributed by atoms with Crippen LogP contribution in [0.2, 0.25) is 0 Å². The summed E-state index contributed by atoms with van der Waals surface area (Å²) in [7, 11) is 0. The molecule has 3 aliphatic heterocycles. The van der Waals surface area contributed by atoms with Crippen molar-refractivity contribution in [3.05, 3.63) is 24.0 Å². The first kappa shape index (κ1) is 20.6. The van der Waals surface area contributed by atoms with Crippen molar-refractivity contribution in [3.63, 3.8) is 0 Å². The van der Waals surface area contributed by atoms with Crippen molar-refractivity contribution in [2.45, 2.75) is 51.2 Å². The molecule has 3 aliphatic rings. The Morgan fingerprint density at radius 2 is 1.90 bits per heavy atom. The average Bonchev–Trinajstić information content (AvgIpc) is 2.77. The Bertz CT molecular complexity index is 655. The van der Waals surface area contributed by atoms with Crippen molar-refractivity contribution < 1.29 is 14.3 Å². The summed E-state index contributed by atoms with van der Waals surface area (Å²) in [6, 6.07) is 4.49. The topological polar surface area (TPSA) is 58.1 Å². The van der Waals surface area contributed by atoms with Gasteiger partial charge in [0.25, 0.3) is 0 Å². The van der Waals surface area contributed by atoms with Crippen molar-refractivity contribution in [1.29, 1.82) is 0 Å². The van der Waals surface area contributed by atoms with Gasteiger partial charge in [-0.15, -0.1) is 0 Å². The standard InChI is InChI=1S/C22H34N4O3/c1-2-29-20-6-5-18(23-16-20)17-24-10-12-25(13-11-24)21-4-3-9-26(22(21)27)19-7-14-28-15-8-19/h5-6,16,19,21H,2-4,7-15,17H2,1H3/t21-/m0/s1. The number of piperazine rings is 1. The molecule has 0 saturated carbocycles. The van der Waals surface area contributed by atoms with E-state index in [4.69, 9.17) is 9.47 Å². The number of hydrogen-bond donors (Lipinski definition) is 0. The summed E-state index contributed by atoms with van der Waals surface area (Å²) >= 11 is 0. The highest BCUT2D eigenvalue weighted by Gasteiger charge is 2.37. The number of amides is 1. The van der Waals surface area contributed by atoms with E-state index >= 15 is 0 Å². The SMILES string of the molecule is CCOc1ccc(CN2CCN([C@H]3CCCN(C4CCOCC4)C3=O)CC2)nc1. The number of carbonyl (C=O) groups is 1. The zero-order valence-electron chi connectivity index (χ0n) is 17.6. The Morgan fingerprint density at radius 1 is 1.10 bits per heavy atom. The molecule has 0 radical (unpaired) electrons. The van der Waals surface area contributed by atoms with Crippen LogP contribution in [0.5, 0.6) is 5.75 Å². The molecule has 1 aromatic heterocycles. The first-order valence-corrected chi connectivity index (χ1v) is 11.2. The summed E-state index contributed by atoms with van der Waals surface area (Å²) in [6.45, 7) is 9.86.